The average molecular weight is 221 g/mol. The molecule has 1 amide bonds. The summed E-state index contributed by atoms with van der Waals surface area (Å²) in [5.41, 5.74) is 4.02. The monoisotopic (exact) mass is 221 g/mol. The van der Waals surface area contributed by atoms with Gasteiger partial charge in [0.05, 0.1) is 12.2 Å². The molecule has 0 heterocycles. The van der Waals surface area contributed by atoms with Crippen molar-refractivity contribution >= 4 is 11.6 Å². The molecule has 0 unspecified atom stereocenters. The summed E-state index contributed by atoms with van der Waals surface area (Å²) < 4.78 is 0. The van der Waals surface area contributed by atoms with Gasteiger partial charge in [0, 0.05) is 13.5 Å². The van der Waals surface area contributed by atoms with Crippen LogP contribution in [0.4, 0.5) is 5.69 Å². The number of anilines is 1. The van der Waals surface area contributed by atoms with Crippen LogP contribution in [-0.4, -0.2) is 43.0 Å². The molecule has 0 aliphatic heterocycles. The third-order valence-electron chi connectivity index (χ3n) is 2.19. The van der Waals surface area contributed by atoms with E-state index in [1.165, 1.54) is 0 Å². The summed E-state index contributed by atoms with van der Waals surface area (Å²) in [4.78, 5) is 13.4. The van der Waals surface area contributed by atoms with E-state index in [0.29, 0.717) is 6.54 Å². The molecule has 88 valence electrons. The Morgan fingerprint density at radius 1 is 1.19 bits per heavy atom. The van der Waals surface area contributed by atoms with Crippen molar-refractivity contribution in [2.45, 2.75) is 6.92 Å². The maximum Gasteiger partial charge on any atom is 0.237 e. The molecule has 16 heavy (non-hydrogen) atoms. The third kappa shape index (κ3) is 4.31. The van der Waals surface area contributed by atoms with Gasteiger partial charge < -0.3 is 4.90 Å². The topological polar surface area (TPSA) is 35.6 Å². The van der Waals surface area contributed by atoms with E-state index in [1.807, 2.05) is 49.3 Å². The first-order valence-electron chi connectivity index (χ1n) is 5.34. The van der Waals surface area contributed by atoms with Crippen LogP contribution in [0.5, 0.6) is 0 Å². The van der Waals surface area contributed by atoms with Crippen LogP contribution >= 0.6 is 0 Å². The van der Waals surface area contributed by atoms with Crippen molar-refractivity contribution in [3.8, 4) is 0 Å². The van der Waals surface area contributed by atoms with Gasteiger partial charge in [0.25, 0.3) is 0 Å². The smallest absolute Gasteiger partial charge is 0.237 e. The molecule has 0 radical (unpaired) electrons. The second-order valence-electron chi connectivity index (χ2n) is 3.95. The Labute approximate surface area is 96.8 Å². The predicted molar refractivity (Wildman–Crippen MR) is 66.0 cm³/mol. The Kier molecular flexibility index (Phi) is 4.79. The zero-order valence-corrected chi connectivity index (χ0v) is 10.1. The van der Waals surface area contributed by atoms with Crippen molar-refractivity contribution < 1.29 is 4.79 Å². The molecule has 1 N–H and O–H groups in total. The van der Waals surface area contributed by atoms with Crippen LogP contribution in [0.3, 0.4) is 0 Å². The van der Waals surface area contributed by atoms with Gasteiger partial charge in [-0.3, -0.25) is 15.2 Å². The van der Waals surface area contributed by atoms with Gasteiger partial charge in [0.1, 0.15) is 0 Å². The summed E-state index contributed by atoms with van der Waals surface area (Å²) in [6.07, 6.45) is 0. The number of carbonyl (C=O) groups excluding carboxylic acids is 1. The Hall–Kier alpha value is -1.55. The predicted octanol–water partition coefficient (Wildman–Crippen LogP) is 1.42. The molecule has 1 aromatic rings. The van der Waals surface area contributed by atoms with E-state index >= 15 is 0 Å². The number of hydrogen-bond donors (Lipinski definition) is 1. The first kappa shape index (κ1) is 12.5. The van der Waals surface area contributed by atoms with E-state index < -0.39 is 0 Å². The Bertz CT molecular complexity index is 324. The molecule has 0 spiro atoms. The van der Waals surface area contributed by atoms with Crippen LogP contribution in [0.2, 0.25) is 0 Å². The zero-order valence-electron chi connectivity index (χ0n) is 10.1. The maximum absolute atomic E-state index is 11.4. The molecular formula is C12H19N3O. The van der Waals surface area contributed by atoms with E-state index in [9.17, 15) is 4.79 Å². The Morgan fingerprint density at radius 3 is 2.31 bits per heavy atom. The van der Waals surface area contributed by atoms with Gasteiger partial charge in [-0.25, -0.2) is 0 Å². The summed E-state index contributed by atoms with van der Waals surface area (Å²) in [6.45, 7) is 3.06. The molecule has 1 rings (SSSR count). The number of nitrogens with zero attached hydrogens (tertiary/aromatic N) is 2. The van der Waals surface area contributed by atoms with Crippen molar-refractivity contribution in [1.29, 1.82) is 0 Å². The van der Waals surface area contributed by atoms with Gasteiger partial charge in [-0.2, -0.15) is 0 Å². The number of benzene rings is 1. The minimum absolute atomic E-state index is 0.0192. The SMILES string of the molecule is CC(=O)N(CCN(C)C)Nc1ccccc1. The van der Waals surface area contributed by atoms with E-state index in [0.717, 1.165) is 12.2 Å². The van der Waals surface area contributed by atoms with E-state index in [2.05, 4.69) is 5.43 Å². The van der Waals surface area contributed by atoms with Crippen molar-refractivity contribution in [2.24, 2.45) is 0 Å². The van der Waals surface area contributed by atoms with Crippen LogP contribution in [0.1, 0.15) is 6.92 Å². The lowest BCUT2D eigenvalue weighted by Crippen LogP contribution is -2.39. The molecule has 0 saturated heterocycles. The fourth-order valence-electron chi connectivity index (χ4n) is 1.26. The molecule has 0 aromatic heterocycles. The molecule has 4 heteroatoms. The summed E-state index contributed by atoms with van der Waals surface area (Å²) >= 11 is 0. The minimum atomic E-state index is 0.0192. The van der Waals surface area contributed by atoms with E-state index in [-0.39, 0.29) is 5.91 Å². The maximum atomic E-state index is 11.4. The summed E-state index contributed by atoms with van der Waals surface area (Å²) in [5.74, 6) is 0.0192. The highest BCUT2D eigenvalue weighted by atomic mass is 16.2. The Balaban J connectivity index is 2.55. The quantitative estimate of drug-likeness (QED) is 0.764. The van der Waals surface area contributed by atoms with Gasteiger partial charge in [-0.15, -0.1) is 0 Å². The van der Waals surface area contributed by atoms with Gasteiger partial charge in [-0.1, -0.05) is 18.2 Å². The van der Waals surface area contributed by atoms with Gasteiger partial charge in [0.15, 0.2) is 0 Å². The number of carbonyl (C=O) groups is 1. The largest absolute Gasteiger partial charge is 0.308 e. The molecule has 0 saturated carbocycles. The summed E-state index contributed by atoms with van der Waals surface area (Å²) in [6, 6.07) is 9.69. The molecule has 0 atom stereocenters. The lowest BCUT2D eigenvalue weighted by atomic mass is 10.3. The molecule has 0 fully saturated rings. The fourth-order valence-corrected chi connectivity index (χ4v) is 1.26. The fraction of sp³-hybridized carbons (Fsp3) is 0.417. The highest BCUT2D eigenvalue weighted by Gasteiger charge is 2.08. The molecular weight excluding hydrogens is 202 g/mol. The Morgan fingerprint density at radius 2 is 1.81 bits per heavy atom. The first-order valence-corrected chi connectivity index (χ1v) is 5.34. The van der Waals surface area contributed by atoms with Crippen LogP contribution in [0.15, 0.2) is 30.3 Å². The molecule has 0 bridgehead atoms. The number of amides is 1. The number of rotatable bonds is 5. The van der Waals surface area contributed by atoms with Crippen molar-refractivity contribution in [2.75, 3.05) is 32.6 Å². The highest BCUT2D eigenvalue weighted by Crippen LogP contribution is 2.06. The van der Waals surface area contributed by atoms with Gasteiger partial charge >= 0.3 is 0 Å². The van der Waals surface area contributed by atoms with Crippen LogP contribution in [0.25, 0.3) is 0 Å². The molecule has 1 aromatic carbocycles. The number of hydrazine groups is 1. The van der Waals surface area contributed by atoms with E-state index in [4.69, 9.17) is 0 Å². The average Bonchev–Trinajstić information content (AvgIpc) is 2.25. The van der Waals surface area contributed by atoms with Crippen molar-refractivity contribution in [1.82, 2.24) is 9.91 Å². The van der Waals surface area contributed by atoms with Crippen molar-refractivity contribution in [3.05, 3.63) is 30.3 Å². The zero-order chi connectivity index (χ0) is 12.0. The number of hydrogen-bond acceptors (Lipinski definition) is 3. The van der Waals surface area contributed by atoms with Gasteiger partial charge in [-0.05, 0) is 26.2 Å². The normalized spacial score (nSPS) is 10.2. The summed E-state index contributed by atoms with van der Waals surface area (Å²) in [5, 5.41) is 1.62. The van der Waals surface area contributed by atoms with Crippen molar-refractivity contribution in [3.63, 3.8) is 0 Å². The molecule has 0 aliphatic carbocycles. The number of likely N-dealkylation sites (N-methyl/N-ethyl adjacent to an activating group) is 1. The second kappa shape index (κ2) is 6.12. The number of nitrogens with one attached hydrogen (secondary N) is 1. The minimum Gasteiger partial charge on any atom is -0.308 e. The molecule has 4 nitrogen and oxygen atoms in total. The van der Waals surface area contributed by atoms with E-state index in [1.54, 1.807) is 11.9 Å². The first-order chi connectivity index (χ1) is 7.59. The lowest BCUT2D eigenvalue weighted by Gasteiger charge is -2.24. The standard InChI is InChI=1S/C12H19N3O/c1-11(16)15(10-9-14(2)3)13-12-7-5-4-6-8-12/h4-8,13H,9-10H2,1-3H3. The molecule has 0 aliphatic rings. The van der Waals surface area contributed by atoms with Crippen LogP contribution in [-0.2, 0) is 4.79 Å². The van der Waals surface area contributed by atoms with Crippen LogP contribution in [0, 0.1) is 0 Å². The third-order valence-corrected chi connectivity index (χ3v) is 2.19. The summed E-state index contributed by atoms with van der Waals surface area (Å²) in [7, 11) is 3.97. The number of para-hydroxylation sites is 1. The highest BCUT2D eigenvalue weighted by molar-refractivity contribution is 5.74. The van der Waals surface area contributed by atoms with Gasteiger partial charge in [0.2, 0.25) is 5.91 Å². The van der Waals surface area contributed by atoms with Crippen LogP contribution < -0.4 is 5.43 Å². The second-order valence-corrected chi connectivity index (χ2v) is 3.95. The lowest BCUT2D eigenvalue weighted by molar-refractivity contribution is -0.127.